The summed E-state index contributed by atoms with van der Waals surface area (Å²) in [7, 11) is 1.71. The van der Waals surface area contributed by atoms with Crippen molar-refractivity contribution in [2.24, 2.45) is 11.8 Å². The van der Waals surface area contributed by atoms with Crippen LogP contribution in [0.2, 0.25) is 0 Å². The third-order valence-electron chi connectivity index (χ3n) is 8.63. The van der Waals surface area contributed by atoms with Gasteiger partial charge in [0, 0.05) is 51.5 Å². The van der Waals surface area contributed by atoms with E-state index in [-0.39, 0.29) is 29.7 Å². The van der Waals surface area contributed by atoms with Crippen LogP contribution >= 0.6 is 0 Å². The molecule has 212 valence electrons. The van der Waals surface area contributed by atoms with Crippen LogP contribution in [0.15, 0.2) is 30.3 Å². The number of rotatable bonds is 11. The molecule has 1 N–H and O–H groups in total. The molecule has 3 aliphatic heterocycles. The van der Waals surface area contributed by atoms with Crippen molar-refractivity contribution < 1.29 is 14.3 Å². The molecule has 0 aliphatic carbocycles. The number of ether oxygens (including phenoxy) is 1. The topological polar surface area (TPSA) is 92.6 Å². The lowest BCUT2D eigenvalue weighted by Gasteiger charge is -2.39. The van der Waals surface area contributed by atoms with E-state index < -0.39 is 0 Å². The molecule has 9 heteroatoms. The van der Waals surface area contributed by atoms with E-state index in [2.05, 4.69) is 34.4 Å². The normalized spacial score (nSPS) is 24.5. The molecule has 2 bridgehead atoms. The molecule has 2 atom stereocenters. The average Bonchev–Trinajstić information content (AvgIpc) is 3.68. The second kappa shape index (κ2) is 12.6. The average molecular weight is 537 g/mol. The highest BCUT2D eigenvalue weighted by molar-refractivity contribution is 5.94. The van der Waals surface area contributed by atoms with Gasteiger partial charge in [0.05, 0.1) is 17.3 Å². The maximum absolute atomic E-state index is 14.2. The molecular formula is C30H44N6O3. The molecule has 1 aromatic carbocycles. The van der Waals surface area contributed by atoms with Crippen LogP contribution in [-0.4, -0.2) is 88.1 Å². The maximum Gasteiger partial charge on any atom is 0.276 e. The summed E-state index contributed by atoms with van der Waals surface area (Å²) in [6, 6.07) is 10.7. The first-order chi connectivity index (χ1) is 19.0. The highest BCUT2D eigenvalue weighted by Gasteiger charge is 2.45. The molecule has 0 unspecified atom stereocenters. The van der Waals surface area contributed by atoms with Gasteiger partial charge in [-0.25, -0.2) is 4.68 Å². The van der Waals surface area contributed by atoms with E-state index in [4.69, 9.17) is 4.74 Å². The predicted molar refractivity (Wildman–Crippen MR) is 150 cm³/mol. The van der Waals surface area contributed by atoms with Gasteiger partial charge in [0.1, 0.15) is 0 Å². The van der Waals surface area contributed by atoms with Crippen molar-refractivity contribution in [2.45, 2.75) is 83.3 Å². The van der Waals surface area contributed by atoms with E-state index >= 15 is 0 Å². The van der Waals surface area contributed by atoms with Crippen molar-refractivity contribution in [1.29, 1.82) is 0 Å². The first-order valence-electron chi connectivity index (χ1n) is 14.8. The molecular weight excluding hydrogens is 492 g/mol. The van der Waals surface area contributed by atoms with Crippen LogP contribution in [0.4, 0.5) is 0 Å². The summed E-state index contributed by atoms with van der Waals surface area (Å²) in [4.78, 5) is 32.0. The number of unbranched alkanes of at least 4 members (excludes halogenated alkanes) is 1. The van der Waals surface area contributed by atoms with Gasteiger partial charge in [-0.15, -0.1) is 5.10 Å². The van der Waals surface area contributed by atoms with Crippen molar-refractivity contribution in [3.05, 3.63) is 41.7 Å². The standard InChI is InChI=1S/C30H44N6O3/c1-21(2)20-34(26-17-22(18-31-19-26)29(37)35-23-12-13-24(35)15-14-23)30(38)28-27(11-7-8-16-39-3)36(33-32-28)25-9-5-4-6-10-25/h4-6,9-10,21-24,26,31H,7-8,11-20H2,1-3H3/t22-,23?,24?,26+/m1/s1. The molecule has 5 rings (SSSR count). The lowest BCUT2D eigenvalue weighted by atomic mass is 9.92. The molecule has 0 saturated carbocycles. The predicted octanol–water partition coefficient (Wildman–Crippen LogP) is 3.47. The third kappa shape index (κ3) is 6.04. The molecule has 3 saturated heterocycles. The summed E-state index contributed by atoms with van der Waals surface area (Å²) in [5.41, 5.74) is 2.15. The summed E-state index contributed by atoms with van der Waals surface area (Å²) in [5.74, 6) is 0.381. The van der Waals surface area contributed by atoms with Gasteiger partial charge in [-0.3, -0.25) is 9.59 Å². The molecule has 4 heterocycles. The lowest BCUT2D eigenvalue weighted by molar-refractivity contribution is -0.138. The SMILES string of the molecule is COCCCCc1c(C(=O)N(CC(C)C)[C@@H]2CNC[C@H](C(=O)N3C4CCC3CC4)C2)nnn1-c1ccccc1. The van der Waals surface area contributed by atoms with Gasteiger partial charge >= 0.3 is 0 Å². The molecule has 0 radical (unpaired) electrons. The van der Waals surface area contributed by atoms with Crippen LogP contribution in [0.1, 0.15) is 75.0 Å². The van der Waals surface area contributed by atoms with Crippen molar-refractivity contribution in [3.63, 3.8) is 0 Å². The van der Waals surface area contributed by atoms with Crippen molar-refractivity contribution in [2.75, 3.05) is 33.4 Å². The Balaban J connectivity index is 1.38. The van der Waals surface area contributed by atoms with Gasteiger partial charge in [0.25, 0.3) is 5.91 Å². The van der Waals surface area contributed by atoms with Crippen molar-refractivity contribution in [1.82, 2.24) is 30.1 Å². The van der Waals surface area contributed by atoms with Crippen LogP contribution < -0.4 is 5.32 Å². The number of aromatic nitrogens is 3. The molecule has 3 aliphatic rings. The minimum absolute atomic E-state index is 0.0638. The van der Waals surface area contributed by atoms with E-state index in [1.165, 1.54) is 0 Å². The van der Waals surface area contributed by atoms with Gasteiger partial charge in [-0.05, 0) is 69.4 Å². The highest BCUT2D eigenvalue weighted by atomic mass is 16.5. The number of nitrogens with zero attached hydrogens (tertiary/aromatic N) is 5. The monoisotopic (exact) mass is 536 g/mol. The van der Waals surface area contributed by atoms with Crippen LogP contribution in [0.5, 0.6) is 0 Å². The van der Waals surface area contributed by atoms with E-state index in [9.17, 15) is 9.59 Å². The number of carbonyl (C=O) groups excluding carboxylic acids is 2. The second-order valence-electron chi connectivity index (χ2n) is 11.9. The molecule has 39 heavy (non-hydrogen) atoms. The van der Waals surface area contributed by atoms with E-state index in [0.29, 0.717) is 56.9 Å². The third-order valence-corrected chi connectivity index (χ3v) is 8.63. The molecule has 0 spiro atoms. The number of benzene rings is 1. The van der Waals surface area contributed by atoms with E-state index in [1.807, 2.05) is 39.9 Å². The van der Waals surface area contributed by atoms with Gasteiger partial charge in [0.15, 0.2) is 5.69 Å². The van der Waals surface area contributed by atoms with Crippen LogP contribution in [0.25, 0.3) is 5.69 Å². The van der Waals surface area contributed by atoms with E-state index in [1.54, 1.807) is 7.11 Å². The number of para-hydroxylation sites is 1. The summed E-state index contributed by atoms with van der Waals surface area (Å²) in [6.07, 6.45) is 7.71. The molecule has 2 amide bonds. The Labute approximate surface area is 232 Å². The fourth-order valence-electron chi connectivity index (χ4n) is 6.76. The van der Waals surface area contributed by atoms with Gasteiger partial charge in [-0.1, -0.05) is 37.3 Å². The first kappa shape index (κ1) is 27.8. The number of methoxy groups -OCH3 is 1. The zero-order valence-electron chi connectivity index (χ0n) is 23.7. The minimum atomic E-state index is -0.0964. The van der Waals surface area contributed by atoms with E-state index in [0.717, 1.165) is 49.9 Å². The Hall–Kier alpha value is -2.78. The molecule has 1 aromatic heterocycles. The zero-order valence-corrected chi connectivity index (χ0v) is 23.7. The number of fused-ring (bicyclic) bond motifs is 2. The fraction of sp³-hybridized carbons (Fsp3) is 0.667. The van der Waals surface area contributed by atoms with Gasteiger partial charge in [-0.2, -0.15) is 0 Å². The van der Waals surface area contributed by atoms with Crippen molar-refractivity contribution in [3.8, 4) is 5.69 Å². The van der Waals surface area contributed by atoms with Crippen molar-refractivity contribution >= 4 is 11.8 Å². The number of nitrogens with one attached hydrogen (secondary N) is 1. The largest absolute Gasteiger partial charge is 0.385 e. The Morgan fingerprint density at radius 2 is 1.79 bits per heavy atom. The second-order valence-corrected chi connectivity index (χ2v) is 11.9. The Morgan fingerprint density at radius 3 is 2.46 bits per heavy atom. The van der Waals surface area contributed by atoms with Gasteiger partial charge < -0.3 is 19.9 Å². The zero-order chi connectivity index (χ0) is 27.4. The summed E-state index contributed by atoms with van der Waals surface area (Å²) in [5, 5.41) is 12.4. The Kier molecular flexibility index (Phi) is 8.97. The quantitative estimate of drug-likeness (QED) is 0.442. The molecule has 3 fully saturated rings. The summed E-state index contributed by atoms with van der Waals surface area (Å²) in [6.45, 7) is 6.93. The number of hydrogen-bond donors (Lipinski definition) is 1. The summed E-state index contributed by atoms with van der Waals surface area (Å²) >= 11 is 0. The fourth-order valence-corrected chi connectivity index (χ4v) is 6.76. The minimum Gasteiger partial charge on any atom is -0.385 e. The maximum atomic E-state index is 14.2. The van der Waals surface area contributed by atoms with Gasteiger partial charge in [0.2, 0.25) is 5.91 Å². The number of carbonyl (C=O) groups is 2. The number of hydrogen-bond acceptors (Lipinski definition) is 6. The highest BCUT2D eigenvalue weighted by Crippen LogP contribution is 2.39. The first-order valence-corrected chi connectivity index (χ1v) is 14.8. The smallest absolute Gasteiger partial charge is 0.276 e. The Morgan fingerprint density at radius 1 is 1.08 bits per heavy atom. The van der Waals surface area contributed by atoms with Crippen LogP contribution in [0.3, 0.4) is 0 Å². The van der Waals surface area contributed by atoms with Crippen LogP contribution in [-0.2, 0) is 16.0 Å². The number of amides is 2. The summed E-state index contributed by atoms with van der Waals surface area (Å²) < 4.78 is 7.06. The molecule has 2 aromatic rings. The Bertz CT molecular complexity index is 1100. The number of piperidine rings is 1. The molecule has 9 nitrogen and oxygen atoms in total. The lowest BCUT2D eigenvalue weighted by Crippen LogP contribution is -2.55. The van der Waals surface area contributed by atoms with Crippen LogP contribution in [0, 0.1) is 11.8 Å².